The lowest BCUT2D eigenvalue weighted by Gasteiger charge is -2.13. The van der Waals surface area contributed by atoms with E-state index >= 15 is 0 Å². The van der Waals surface area contributed by atoms with Crippen molar-refractivity contribution in [2.75, 3.05) is 30.0 Å². The lowest BCUT2D eigenvalue weighted by molar-refractivity contribution is 0.412. The Kier molecular flexibility index (Phi) is 6.54. The smallest absolute Gasteiger partial charge is 0.255 e. The number of ether oxygens (including phenoxy) is 1. The van der Waals surface area contributed by atoms with E-state index < -0.39 is 0 Å². The molecule has 0 saturated heterocycles. The number of aromatic nitrogens is 2. The second-order valence-corrected chi connectivity index (χ2v) is 7.02. The van der Waals surface area contributed by atoms with Gasteiger partial charge in [0.2, 0.25) is 0 Å². The Morgan fingerprint density at radius 3 is 2.82 bits per heavy atom. The molecule has 3 aromatic rings. The fraction of sp³-hybridized carbons (Fsp3) is 0.200. The van der Waals surface area contributed by atoms with Crippen LogP contribution in [0, 0.1) is 0 Å². The maximum absolute atomic E-state index is 12.3. The van der Waals surface area contributed by atoms with E-state index in [1.165, 1.54) is 0 Å². The molecule has 8 heteroatoms. The van der Waals surface area contributed by atoms with Crippen molar-refractivity contribution in [3.8, 4) is 5.75 Å². The average molecular weight is 444 g/mol. The van der Waals surface area contributed by atoms with Crippen LogP contribution >= 0.6 is 15.9 Å². The van der Waals surface area contributed by atoms with Crippen LogP contribution in [0.15, 0.2) is 58.2 Å². The number of hydrogen-bond acceptors (Lipinski definition) is 6. The molecule has 0 aliphatic heterocycles. The number of methoxy groups -OCH3 is 1. The van der Waals surface area contributed by atoms with Gasteiger partial charge in [-0.2, -0.15) is 0 Å². The molecule has 2 aromatic heterocycles. The van der Waals surface area contributed by atoms with Crippen molar-refractivity contribution in [1.29, 1.82) is 0 Å². The molecule has 3 rings (SSSR count). The standard InChI is InChI=1S/C20H22BrN5O2/c1-28-19-3-2-13(10-15(19)21)4-8-24-17-6-9-25-20(27)14(17)11-26-18-5-7-23-12-16(18)22/h2-3,5-7,9-10,12H,4,8,11,22H2,1H3,(H,23,26)(H2,24,25,27). The predicted molar refractivity (Wildman–Crippen MR) is 116 cm³/mol. The zero-order chi connectivity index (χ0) is 19.9. The number of halogens is 1. The number of pyridine rings is 2. The summed E-state index contributed by atoms with van der Waals surface area (Å²) in [7, 11) is 1.64. The molecule has 2 heterocycles. The second kappa shape index (κ2) is 9.27. The summed E-state index contributed by atoms with van der Waals surface area (Å²) in [4.78, 5) is 19.0. The van der Waals surface area contributed by atoms with Crippen molar-refractivity contribution in [2.24, 2.45) is 0 Å². The van der Waals surface area contributed by atoms with Crippen LogP contribution in [0.4, 0.5) is 17.1 Å². The largest absolute Gasteiger partial charge is 0.496 e. The first kappa shape index (κ1) is 19.8. The summed E-state index contributed by atoms with van der Waals surface area (Å²) in [6, 6.07) is 9.63. The molecule has 0 radical (unpaired) electrons. The van der Waals surface area contributed by atoms with Crippen molar-refractivity contribution in [3.05, 3.63) is 74.9 Å². The summed E-state index contributed by atoms with van der Waals surface area (Å²) in [6.45, 7) is 1.04. The fourth-order valence-electron chi connectivity index (χ4n) is 2.81. The number of rotatable bonds is 8. The summed E-state index contributed by atoms with van der Waals surface area (Å²) in [6.07, 6.45) is 5.67. The van der Waals surface area contributed by atoms with Crippen molar-refractivity contribution in [2.45, 2.75) is 13.0 Å². The van der Waals surface area contributed by atoms with Gasteiger partial charge < -0.3 is 26.1 Å². The molecule has 0 saturated carbocycles. The number of H-pyrrole nitrogens is 1. The van der Waals surface area contributed by atoms with Gasteiger partial charge in [0, 0.05) is 31.2 Å². The summed E-state index contributed by atoms with van der Waals surface area (Å²) in [5.41, 5.74) is 9.61. The molecular formula is C20H22BrN5O2. The molecule has 1 aromatic carbocycles. The molecule has 0 spiro atoms. The number of hydrogen-bond donors (Lipinski definition) is 4. The minimum absolute atomic E-state index is 0.141. The van der Waals surface area contributed by atoms with Crippen molar-refractivity contribution < 1.29 is 4.74 Å². The molecule has 5 N–H and O–H groups in total. The van der Waals surface area contributed by atoms with Gasteiger partial charge in [-0.05, 0) is 52.2 Å². The van der Waals surface area contributed by atoms with Gasteiger partial charge in [-0.1, -0.05) is 6.07 Å². The van der Waals surface area contributed by atoms with Crippen LogP contribution in [0.3, 0.4) is 0 Å². The van der Waals surface area contributed by atoms with E-state index in [9.17, 15) is 4.79 Å². The molecule has 0 aliphatic rings. The number of nitrogens with two attached hydrogens (primary N) is 1. The lowest BCUT2D eigenvalue weighted by Crippen LogP contribution is -2.19. The van der Waals surface area contributed by atoms with Gasteiger partial charge in [-0.15, -0.1) is 0 Å². The van der Waals surface area contributed by atoms with Gasteiger partial charge in [0.1, 0.15) is 5.75 Å². The minimum atomic E-state index is -0.141. The minimum Gasteiger partial charge on any atom is -0.496 e. The van der Waals surface area contributed by atoms with Gasteiger partial charge in [0.05, 0.1) is 34.7 Å². The van der Waals surface area contributed by atoms with Gasteiger partial charge in [0.15, 0.2) is 0 Å². The molecule has 0 amide bonds. The van der Waals surface area contributed by atoms with E-state index in [4.69, 9.17) is 10.5 Å². The summed E-state index contributed by atoms with van der Waals surface area (Å²) < 4.78 is 6.17. The highest BCUT2D eigenvalue weighted by Gasteiger charge is 2.08. The third kappa shape index (κ3) is 4.83. The SMILES string of the molecule is COc1ccc(CCNc2cc[nH]c(=O)c2CNc2ccncc2N)cc1Br. The van der Waals surface area contributed by atoms with Crippen LogP contribution in [0.2, 0.25) is 0 Å². The first-order chi connectivity index (χ1) is 13.6. The van der Waals surface area contributed by atoms with Crippen molar-refractivity contribution in [3.63, 3.8) is 0 Å². The van der Waals surface area contributed by atoms with E-state index in [1.54, 1.807) is 31.8 Å². The Morgan fingerprint density at radius 2 is 2.07 bits per heavy atom. The number of nitrogens with one attached hydrogen (secondary N) is 3. The molecule has 0 bridgehead atoms. The number of benzene rings is 1. The van der Waals surface area contributed by atoms with Gasteiger partial charge in [-0.3, -0.25) is 9.78 Å². The Balaban J connectivity index is 1.66. The summed E-state index contributed by atoms with van der Waals surface area (Å²) >= 11 is 3.50. The van der Waals surface area contributed by atoms with Crippen LogP contribution in [-0.2, 0) is 13.0 Å². The van der Waals surface area contributed by atoms with Gasteiger partial charge in [-0.25, -0.2) is 0 Å². The third-order valence-electron chi connectivity index (χ3n) is 4.32. The quantitative estimate of drug-likeness (QED) is 0.425. The van der Waals surface area contributed by atoms with E-state index in [0.29, 0.717) is 24.3 Å². The normalized spacial score (nSPS) is 10.5. The molecule has 146 valence electrons. The highest BCUT2D eigenvalue weighted by atomic mass is 79.9. The highest BCUT2D eigenvalue weighted by Crippen LogP contribution is 2.25. The lowest BCUT2D eigenvalue weighted by atomic mass is 10.1. The number of nitrogens with zero attached hydrogens (tertiary/aromatic N) is 1. The summed E-state index contributed by atoms with van der Waals surface area (Å²) in [5.74, 6) is 0.801. The third-order valence-corrected chi connectivity index (χ3v) is 4.94. The van der Waals surface area contributed by atoms with Crippen LogP contribution in [0.25, 0.3) is 0 Å². The monoisotopic (exact) mass is 443 g/mol. The van der Waals surface area contributed by atoms with E-state index in [2.05, 4.69) is 36.5 Å². The molecule has 7 nitrogen and oxygen atoms in total. The van der Waals surface area contributed by atoms with Gasteiger partial charge in [0.25, 0.3) is 5.56 Å². The van der Waals surface area contributed by atoms with E-state index in [1.807, 2.05) is 24.3 Å². The summed E-state index contributed by atoms with van der Waals surface area (Å²) in [5, 5.41) is 6.54. The van der Waals surface area contributed by atoms with Crippen molar-refractivity contribution >= 4 is 33.0 Å². The maximum atomic E-state index is 12.3. The number of aromatic amines is 1. The average Bonchev–Trinajstić information content (AvgIpc) is 2.69. The Morgan fingerprint density at radius 1 is 1.21 bits per heavy atom. The van der Waals surface area contributed by atoms with E-state index in [0.717, 1.165) is 33.6 Å². The van der Waals surface area contributed by atoms with Crippen molar-refractivity contribution in [1.82, 2.24) is 9.97 Å². The zero-order valence-corrected chi connectivity index (χ0v) is 17.0. The molecule has 0 fully saturated rings. The Labute approximate surface area is 171 Å². The molecule has 0 aliphatic carbocycles. The second-order valence-electron chi connectivity index (χ2n) is 6.16. The van der Waals surface area contributed by atoms with Crippen LogP contribution in [0.1, 0.15) is 11.1 Å². The molecule has 0 unspecified atom stereocenters. The van der Waals surface area contributed by atoms with Gasteiger partial charge >= 0.3 is 0 Å². The molecule has 0 atom stereocenters. The highest BCUT2D eigenvalue weighted by molar-refractivity contribution is 9.10. The van der Waals surface area contributed by atoms with Crippen LogP contribution in [-0.4, -0.2) is 23.6 Å². The first-order valence-electron chi connectivity index (χ1n) is 8.78. The topological polar surface area (TPSA) is 105 Å². The van der Waals surface area contributed by atoms with Crippen LogP contribution in [0.5, 0.6) is 5.75 Å². The Hall–Kier alpha value is -3.00. The predicted octanol–water partition coefficient (Wildman–Crippen LogP) is 3.39. The fourth-order valence-corrected chi connectivity index (χ4v) is 3.40. The molecule has 28 heavy (non-hydrogen) atoms. The Bertz CT molecular complexity index is 1010. The first-order valence-corrected chi connectivity index (χ1v) is 9.58. The number of anilines is 3. The van der Waals surface area contributed by atoms with E-state index in [-0.39, 0.29) is 5.56 Å². The number of nitrogen functional groups attached to an aromatic ring is 1. The van der Waals surface area contributed by atoms with Crippen LogP contribution < -0.4 is 26.7 Å². The molecular weight excluding hydrogens is 422 g/mol. The zero-order valence-electron chi connectivity index (χ0n) is 15.5. The maximum Gasteiger partial charge on any atom is 0.255 e.